The Morgan fingerprint density at radius 3 is 2.86 bits per heavy atom. The first-order valence-electron chi connectivity index (χ1n) is 4.40. The van der Waals surface area contributed by atoms with Crippen molar-refractivity contribution in [2.45, 2.75) is 19.3 Å². The number of carbonyl (C=O) groups is 1. The minimum atomic E-state index is -0.290. The Morgan fingerprint density at radius 1 is 1.43 bits per heavy atom. The van der Waals surface area contributed by atoms with Gasteiger partial charge >= 0.3 is 5.97 Å². The zero-order chi connectivity index (χ0) is 10.6. The molecule has 0 saturated carbocycles. The standard InChI is InChI=1S/C9H15NO4/c1-12-8-13-6-7-14-9(11)4-2-3-5-10/h2-4,6-8H2,1H3. The Balaban J connectivity index is 3.15. The molecule has 0 aromatic rings. The summed E-state index contributed by atoms with van der Waals surface area (Å²) in [6.45, 7) is 0.762. The Bertz CT molecular complexity index is 188. The summed E-state index contributed by atoms with van der Waals surface area (Å²) in [5.41, 5.74) is 0. The number of hydrogen-bond acceptors (Lipinski definition) is 5. The van der Waals surface area contributed by atoms with E-state index in [9.17, 15) is 4.79 Å². The minimum Gasteiger partial charge on any atom is -0.463 e. The van der Waals surface area contributed by atoms with E-state index in [2.05, 4.69) is 4.74 Å². The van der Waals surface area contributed by atoms with E-state index in [1.54, 1.807) is 0 Å². The highest BCUT2D eigenvalue weighted by Crippen LogP contribution is 1.96. The molecule has 0 aliphatic rings. The van der Waals surface area contributed by atoms with Crippen LogP contribution >= 0.6 is 0 Å². The number of nitriles is 1. The fourth-order valence-corrected chi connectivity index (χ4v) is 0.741. The third-order valence-electron chi connectivity index (χ3n) is 1.36. The topological polar surface area (TPSA) is 68.6 Å². The molecule has 0 atom stereocenters. The van der Waals surface area contributed by atoms with Gasteiger partial charge in [0.05, 0.1) is 12.7 Å². The Kier molecular flexibility index (Phi) is 9.17. The number of esters is 1. The molecule has 0 radical (unpaired) electrons. The maximum Gasteiger partial charge on any atom is 0.305 e. The summed E-state index contributed by atoms with van der Waals surface area (Å²) < 4.78 is 14.3. The normalized spacial score (nSPS) is 9.43. The summed E-state index contributed by atoms with van der Waals surface area (Å²) in [4.78, 5) is 10.9. The van der Waals surface area contributed by atoms with Crippen LogP contribution in [0.25, 0.3) is 0 Å². The Morgan fingerprint density at radius 2 is 2.21 bits per heavy atom. The first kappa shape index (κ1) is 12.9. The average molecular weight is 201 g/mol. The van der Waals surface area contributed by atoms with Crippen LogP contribution in [0.4, 0.5) is 0 Å². The average Bonchev–Trinajstić information content (AvgIpc) is 2.18. The van der Waals surface area contributed by atoms with E-state index in [0.29, 0.717) is 19.4 Å². The minimum absolute atomic E-state index is 0.200. The highest BCUT2D eigenvalue weighted by Gasteiger charge is 2.01. The predicted octanol–water partition coefficient (Wildman–Crippen LogP) is 0.844. The van der Waals surface area contributed by atoms with Gasteiger partial charge in [0.1, 0.15) is 13.4 Å². The summed E-state index contributed by atoms with van der Waals surface area (Å²) in [6.07, 6.45) is 1.22. The van der Waals surface area contributed by atoms with Crippen LogP contribution in [0.1, 0.15) is 19.3 Å². The van der Waals surface area contributed by atoms with Crippen molar-refractivity contribution in [2.24, 2.45) is 0 Å². The van der Waals surface area contributed by atoms with E-state index < -0.39 is 0 Å². The molecule has 0 aromatic carbocycles. The Hall–Kier alpha value is -1.12. The molecule has 80 valence electrons. The Labute approximate surface area is 83.6 Å². The summed E-state index contributed by atoms with van der Waals surface area (Å²) in [7, 11) is 1.52. The number of ether oxygens (including phenoxy) is 3. The second-order valence-electron chi connectivity index (χ2n) is 2.55. The second-order valence-corrected chi connectivity index (χ2v) is 2.55. The lowest BCUT2D eigenvalue weighted by atomic mass is 10.2. The number of hydrogen-bond donors (Lipinski definition) is 0. The molecule has 0 amide bonds. The molecule has 0 bridgehead atoms. The SMILES string of the molecule is COCOCCOC(=O)CCCC#N. The monoisotopic (exact) mass is 201 g/mol. The third kappa shape index (κ3) is 8.97. The molecular weight excluding hydrogens is 186 g/mol. The lowest BCUT2D eigenvalue weighted by Crippen LogP contribution is -2.11. The van der Waals surface area contributed by atoms with Gasteiger partial charge in [-0.3, -0.25) is 4.79 Å². The van der Waals surface area contributed by atoms with E-state index in [1.807, 2.05) is 6.07 Å². The fourth-order valence-electron chi connectivity index (χ4n) is 0.741. The van der Waals surface area contributed by atoms with Gasteiger partial charge in [0.2, 0.25) is 0 Å². The van der Waals surface area contributed by atoms with Crippen LogP contribution in [0.2, 0.25) is 0 Å². The van der Waals surface area contributed by atoms with E-state index in [1.165, 1.54) is 7.11 Å². The molecule has 14 heavy (non-hydrogen) atoms. The van der Waals surface area contributed by atoms with Gasteiger partial charge in [0.15, 0.2) is 0 Å². The molecule has 0 unspecified atom stereocenters. The fraction of sp³-hybridized carbons (Fsp3) is 0.778. The first-order valence-corrected chi connectivity index (χ1v) is 4.40. The summed E-state index contributed by atoms with van der Waals surface area (Å²) in [5, 5.41) is 8.22. The molecule has 0 heterocycles. The largest absolute Gasteiger partial charge is 0.463 e. The third-order valence-corrected chi connectivity index (χ3v) is 1.36. The maximum atomic E-state index is 10.9. The van der Waals surface area contributed by atoms with Crippen LogP contribution in [0.15, 0.2) is 0 Å². The van der Waals surface area contributed by atoms with Gasteiger partial charge in [-0.1, -0.05) is 0 Å². The van der Waals surface area contributed by atoms with Crippen molar-refractivity contribution >= 4 is 5.97 Å². The van der Waals surface area contributed by atoms with Crippen molar-refractivity contribution in [2.75, 3.05) is 27.1 Å². The van der Waals surface area contributed by atoms with E-state index in [-0.39, 0.29) is 25.8 Å². The molecule has 0 rings (SSSR count). The van der Waals surface area contributed by atoms with Gasteiger partial charge in [-0.25, -0.2) is 0 Å². The van der Waals surface area contributed by atoms with Crippen molar-refractivity contribution in [3.8, 4) is 6.07 Å². The van der Waals surface area contributed by atoms with Crippen LogP contribution in [-0.4, -0.2) is 33.1 Å². The molecule has 5 heteroatoms. The number of nitrogens with zero attached hydrogens (tertiary/aromatic N) is 1. The number of rotatable bonds is 8. The van der Waals surface area contributed by atoms with Gasteiger partial charge in [-0.15, -0.1) is 0 Å². The second kappa shape index (κ2) is 9.96. The highest BCUT2D eigenvalue weighted by atomic mass is 16.7. The van der Waals surface area contributed by atoms with Crippen molar-refractivity contribution in [1.82, 2.24) is 0 Å². The maximum absolute atomic E-state index is 10.9. The smallest absolute Gasteiger partial charge is 0.305 e. The highest BCUT2D eigenvalue weighted by molar-refractivity contribution is 5.69. The van der Waals surface area contributed by atoms with Crippen molar-refractivity contribution in [1.29, 1.82) is 5.26 Å². The van der Waals surface area contributed by atoms with Crippen molar-refractivity contribution < 1.29 is 19.0 Å². The number of unbranched alkanes of at least 4 members (excludes halogenated alkanes) is 1. The van der Waals surface area contributed by atoms with Gasteiger partial charge in [-0.05, 0) is 6.42 Å². The number of carbonyl (C=O) groups excluding carboxylic acids is 1. The first-order chi connectivity index (χ1) is 6.81. The summed E-state index contributed by atoms with van der Waals surface area (Å²) >= 11 is 0. The molecule has 0 N–H and O–H groups in total. The van der Waals surface area contributed by atoms with Gasteiger partial charge < -0.3 is 14.2 Å². The van der Waals surface area contributed by atoms with Crippen LogP contribution in [-0.2, 0) is 19.0 Å². The molecular formula is C9H15NO4. The van der Waals surface area contributed by atoms with E-state index in [4.69, 9.17) is 14.7 Å². The van der Waals surface area contributed by atoms with E-state index >= 15 is 0 Å². The molecule has 0 aliphatic heterocycles. The van der Waals surface area contributed by atoms with Crippen LogP contribution in [0, 0.1) is 11.3 Å². The number of methoxy groups -OCH3 is 1. The van der Waals surface area contributed by atoms with Gasteiger partial charge in [-0.2, -0.15) is 5.26 Å². The molecule has 5 nitrogen and oxygen atoms in total. The van der Waals surface area contributed by atoms with Crippen LogP contribution in [0.3, 0.4) is 0 Å². The lowest BCUT2D eigenvalue weighted by Gasteiger charge is -2.04. The zero-order valence-electron chi connectivity index (χ0n) is 8.32. The lowest BCUT2D eigenvalue weighted by molar-refractivity contribution is -0.146. The van der Waals surface area contributed by atoms with Gasteiger partial charge in [0.25, 0.3) is 0 Å². The van der Waals surface area contributed by atoms with Crippen molar-refractivity contribution in [3.63, 3.8) is 0 Å². The molecule has 0 aliphatic carbocycles. The summed E-state index contributed by atoms with van der Waals surface area (Å²) in [6, 6.07) is 1.96. The molecule has 0 spiro atoms. The predicted molar refractivity (Wildman–Crippen MR) is 48.3 cm³/mol. The molecule has 0 saturated heterocycles. The van der Waals surface area contributed by atoms with Crippen molar-refractivity contribution in [3.05, 3.63) is 0 Å². The van der Waals surface area contributed by atoms with E-state index in [0.717, 1.165) is 0 Å². The van der Waals surface area contributed by atoms with Crippen LogP contribution < -0.4 is 0 Å². The van der Waals surface area contributed by atoms with Gasteiger partial charge in [0, 0.05) is 20.0 Å². The summed E-state index contributed by atoms with van der Waals surface area (Å²) in [5.74, 6) is -0.290. The molecule has 0 fully saturated rings. The zero-order valence-corrected chi connectivity index (χ0v) is 8.32. The quantitative estimate of drug-likeness (QED) is 0.331. The van der Waals surface area contributed by atoms with Crippen LogP contribution in [0.5, 0.6) is 0 Å². The molecule has 0 aromatic heterocycles.